The normalized spacial score (nSPS) is 26.9. The number of nitrogens with one attached hydrogen (secondary N) is 1. The molecule has 2 aliphatic carbocycles. The Morgan fingerprint density at radius 3 is 2.86 bits per heavy atom. The third kappa shape index (κ3) is 3.07. The van der Waals surface area contributed by atoms with E-state index in [1.807, 2.05) is 6.07 Å². The minimum absolute atomic E-state index is 0.272. The molecule has 0 aromatic heterocycles. The van der Waals surface area contributed by atoms with Gasteiger partial charge in [-0.15, -0.1) is 0 Å². The predicted molar refractivity (Wildman–Crippen MR) is 83.4 cm³/mol. The summed E-state index contributed by atoms with van der Waals surface area (Å²) >= 11 is 0. The predicted octanol–water partition coefficient (Wildman–Crippen LogP) is 3.10. The summed E-state index contributed by atoms with van der Waals surface area (Å²) in [5, 5.41) is 3.13. The van der Waals surface area contributed by atoms with E-state index in [2.05, 4.69) is 24.4 Å². The van der Waals surface area contributed by atoms with Gasteiger partial charge < -0.3 is 10.1 Å². The molecule has 2 saturated carbocycles. The highest BCUT2D eigenvalue weighted by Gasteiger charge is 2.42. The summed E-state index contributed by atoms with van der Waals surface area (Å²) in [6.45, 7) is 2.78. The lowest BCUT2D eigenvalue weighted by Gasteiger charge is -2.21. The summed E-state index contributed by atoms with van der Waals surface area (Å²) in [4.78, 5) is 12.3. The van der Waals surface area contributed by atoms with Crippen LogP contribution >= 0.6 is 0 Å². The van der Waals surface area contributed by atoms with E-state index >= 15 is 0 Å². The van der Waals surface area contributed by atoms with Crippen molar-refractivity contribution < 1.29 is 9.53 Å². The third-order valence-corrected chi connectivity index (χ3v) is 5.20. The molecule has 1 N–H and O–H groups in total. The van der Waals surface area contributed by atoms with Crippen LogP contribution in [0.3, 0.4) is 0 Å². The molecule has 3 rings (SSSR count). The molecule has 3 heteroatoms. The van der Waals surface area contributed by atoms with Gasteiger partial charge in [-0.25, -0.2) is 0 Å². The molecule has 3 atom stereocenters. The Hall–Kier alpha value is -1.51. The molecule has 0 heterocycles. The van der Waals surface area contributed by atoms with Crippen LogP contribution in [0.5, 0.6) is 5.75 Å². The highest BCUT2D eigenvalue weighted by molar-refractivity contribution is 5.79. The minimum atomic E-state index is 0.272. The number of fused-ring (bicyclic) bond motifs is 2. The van der Waals surface area contributed by atoms with E-state index in [0.29, 0.717) is 12.5 Å². The standard InChI is InChI=1S/C18H25NO2/c1-12-3-6-17(21-2)15(9-12)7-8-19-18(20)16-11-13-4-5-14(16)10-13/h3,6,9,13-14,16H,4-5,7-8,10-11H2,1-2H3,(H,19,20)/t13-,14-,16+/m0/s1. The number of ether oxygens (including phenoxy) is 1. The monoisotopic (exact) mass is 287 g/mol. The maximum Gasteiger partial charge on any atom is 0.223 e. The van der Waals surface area contributed by atoms with Crippen LogP contribution in [-0.2, 0) is 11.2 Å². The number of carbonyl (C=O) groups is 1. The van der Waals surface area contributed by atoms with Crippen molar-refractivity contribution in [3.8, 4) is 5.75 Å². The zero-order valence-corrected chi connectivity index (χ0v) is 13.0. The zero-order valence-electron chi connectivity index (χ0n) is 13.0. The summed E-state index contributed by atoms with van der Waals surface area (Å²) in [5.74, 6) is 2.94. The highest BCUT2D eigenvalue weighted by atomic mass is 16.5. The van der Waals surface area contributed by atoms with Gasteiger partial charge in [-0.3, -0.25) is 4.79 Å². The van der Waals surface area contributed by atoms with Gasteiger partial charge in [0.2, 0.25) is 5.91 Å². The number of carbonyl (C=O) groups excluding carboxylic acids is 1. The van der Waals surface area contributed by atoms with Crippen LogP contribution in [0.25, 0.3) is 0 Å². The zero-order chi connectivity index (χ0) is 14.8. The molecule has 0 saturated heterocycles. The Kier molecular flexibility index (Phi) is 4.18. The smallest absolute Gasteiger partial charge is 0.223 e. The summed E-state index contributed by atoms with van der Waals surface area (Å²) < 4.78 is 5.39. The Balaban J connectivity index is 1.52. The van der Waals surface area contributed by atoms with Crippen molar-refractivity contribution in [1.82, 2.24) is 5.32 Å². The minimum Gasteiger partial charge on any atom is -0.496 e. The summed E-state index contributed by atoms with van der Waals surface area (Å²) in [7, 11) is 1.70. The van der Waals surface area contributed by atoms with Gasteiger partial charge >= 0.3 is 0 Å². The lowest BCUT2D eigenvalue weighted by molar-refractivity contribution is -0.126. The molecule has 3 nitrogen and oxygen atoms in total. The molecule has 2 aliphatic rings. The third-order valence-electron chi connectivity index (χ3n) is 5.20. The van der Waals surface area contributed by atoms with E-state index in [-0.39, 0.29) is 11.8 Å². The molecule has 0 unspecified atom stereocenters. The average Bonchev–Trinajstić information content (AvgIpc) is 3.10. The number of methoxy groups -OCH3 is 1. The van der Waals surface area contributed by atoms with Crippen LogP contribution in [0.15, 0.2) is 18.2 Å². The second kappa shape index (κ2) is 6.08. The van der Waals surface area contributed by atoms with Crippen molar-refractivity contribution in [1.29, 1.82) is 0 Å². The van der Waals surface area contributed by atoms with Gasteiger partial charge in [0.1, 0.15) is 5.75 Å². The number of aryl methyl sites for hydroxylation is 1. The van der Waals surface area contributed by atoms with Crippen molar-refractivity contribution in [2.45, 2.75) is 39.0 Å². The molecule has 1 amide bonds. The van der Waals surface area contributed by atoms with Crippen LogP contribution in [0.2, 0.25) is 0 Å². The average molecular weight is 287 g/mol. The van der Waals surface area contributed by atoms with E-state index in [0.717, 1.165) is 24.5 Å². The second-order valence-electron chi connectivity index (χ2n) is 6.64. The summed E-state index contributed by atoms with van der Waals surface area (Å²) in [6, 6.07) is 6.20. The molecule has 0 radical (unpaired) electrons. The topological polar surface area (TPSA) is 38.3 Å². The lowest BCUT2D eigenvalue weighted by atomic mass is 9.88. The molecule has 2 fully saturated rings. The van der Waals surface area contributed by atoms with E-state index in [1.165, 1.54) is 30.4 Å². The fourth-order valence-electron chi connectivity index (χ4n) is 4.12. The Bertz CT molecular complexity index is 526. The number of rotatable bonds is 5. The molecule has 114 valence electrons. The first kappa shape index (κ1) is 14.4. The highest BCUT2D eigenvalue weighted by Crippen LogP contribution is 2.48. The first-order valence-corrected chi connectivity index (χ1v) is 8.08. The molecule has 21 heavy (non-hydrogen) atoms. The second-order valence-corrected chi connectivity index (χ2v) is 6.64. The lowest BCUT2D eigenvalue weighted by Crippen LogP contribution is -2.34. The molecular formula is C18H25NO2. The van der Waals surface area contributed by atoms with E-state index in [1.54, 1.807) is 7.11 Å². The quantitative estimate of drug-likeness (QED) is 0.903. The van der Waals surface area contributed by atoms with Crippen molar-refractivity contribution in [3.05, 3.63) is 29.3 Å². The number of hydrogen-bond acceptors (Lipinski definition) is 2. The fraction of sp³-hybridized carbons (Fsp3) is 0.611. The van der Waals surface area contributed by atoms with E-state index in [4.69, 9.17) is 4.74 Å². The number of hydrogen-bond donors (Lipinski definition) is 1. The Labute approximate surface area is 127 Å². The van der Waals surface area contributed by atoms with Gasteiger partial charge in [-0.2, -0.15) is 0 Å². The van der Waals surface area contributed by atoms with Crippen LogP contribution in [0.4, 0.5) is 0 Å². The fourth-order valence-corrected chi connectivity index (χ4v) is 4.12. The number of benzene rings is 1. The molecule has 1 aromatic carbocycles. The van der Waals surface area contributed by atoms with Crippen LogP contribution < -0.4 is 10.1 Å². The SMILES string of the molecule is COc1ccc(C)cc1CCNC(=O)[C@@H]1C[C@H]2CC[C@H]1C2. The van der Waals surface area contributed by atoms with Crippen molar-refractivity contribution >= 4 is 5.91 Å². The van der Waals surface area contributed by atoms with Gasteiger partial charge in [-0.05, 0) is 56.1 Å². The van der Waals surface area contributed by atoms with Gasteiger partial charge in [0.25, 0.3) is 0 Å². The van der Waals surface area contributed by atoms with Crippen LogP contribution in [-0.4, -0.2) is 19.6 Å². The summed E-state index contributed by atoms with van der Waals surface area (Å²) in [5.41, 5.74) is 2.40. The first-order valence-electron chi connectivity index (χ1n) is 8.08. The Morgan fingerprint density at radius 2 is 2.19 bits per heavy atom. The van der Waals surface area contributed by atoms with Crippen molar-refractivity contribution in [2.24, 2.45) is 17.8 Å². The number of amides is 1. The summed E-state index contributed by atoms with van der Waals surface area (Å²) in [6.07, 6.45) is 5.83. The molecule has 0 spiro atoms. The van der Waals surface area contributed by atoms with E-state index in [9.17, 15) is 4.79 Å². The maximum absolute atomic E-state index is 12.3. The Morgan fingerprint density at radius 1 is 1.33 bits per heavy atom. The van der Waals surface area contributed by atoms with Gasteiger partial charge in [0.15, 0.2) is 0 Å². The molecule has 1 aromatic rings. The van der Waals surface area contributed by atoms with Crippen LogP contribution in [0.1, 0.15) is 36.8 Å². The molecule has 2 bridgehead atoms. The van der Waals surface area contributed by atoms with Gasteiger partial charge in [0, 0.05) is 12.5 Å². The van der Waals surface area contributed by atoms with Crippen molar-refractivity contribution in [3.63, 3.8) is 0 Å². The van der Waals surface area contributed by atoms with Gasteiger partial charge in [-0.1, -0.05) is 24.1 Å². The first-order chi connectivity index (χ1) is 10.2. The van der Waals surface area contributed by atoms with E-state index < -0.39 is 0 Å². The van der Waals surface area contributed by atoms with Crippen molar-refractivity contribution in [2.75, 3.05) is 13.7 Å². The van der Waals surface area contributed by atoms with Crippen LogP contribution in [0, 0.1) is 24.7 Å². The van der Waals surface area contributed by atoms with Gasteiger partial charge in [0.05, 0.1) is 7.11 Å². The maximum atomic E-state index is 12.3. The largest absolute Gasteiger partial charge is 0.496 e. The molecule has 0 aliphatic heterocycles. The molecular weight excluding hydrogens is 262 g/mol.